The zero-order chi connectivity index (χ0) is 70.7. The maximum Gasteiger partial charge on any atom is 0.426 e. The summed E-state index contributed by atoms with van der Waals surface area (Å²) in [6.07, 6.45) is -0.517. The molecule has 1 N–H and O–H groups in total. The molecule has 8 rings (SSSR count). The summed E-state index contributed by atoms with van der Waals surface area (Å²) in [4.78, 5) is 45.8. The highest BCUT2D eigenvalue weighted by molar-refractivity contribution is 8.12. The van der Waals surface area contributed by atoms with E-state index in [9.17, 15) is 64.9 Å². The third kappa shape index (κ3) is 26.5. The van der Waals surface area contributed by atoms with Crippen LogP contribution in [0.1, 0.15) is 105 Å². The largest absolute Gasteiger partial charge is 0.444 e. The lowest BCUT2D eigenvalue weighted by molar-refractivity contribution is 0.0942. The third-order valence-corrected chi connectivity index (χ3v) is 19.3. The van der Waals surface area contributed by atoms with E-state index in [1.165, 1.54) is 0 Å². The van der Waals surface area contributed by atoms with Crippen LogP contribution in [0.2, 0.25) is 0 Å². The Hall–Kier alpha value is -6.77. The van der Waals surface area contributed by atoms with Gasteiger partial charge in [0.25, 0.3) is 6.08 Å². The summed E-state index contributed by atoms with van der Waals surface area (Å²) >= 11 is 0. The van der Waals surface area contributed by atoms with Crippen molar-refractivity contribution in [2.45, 2.75) is 130 Å². The molecule has 3 aromatic carbocycles. The van der Waals surface area contributed by atoms with E-state index in [0.717, 1.165) is 45.1 Å². The number of hydrogen-bond acceptors (Lipinski definition) is 24. The lowest BCUT2D eigenvalue weighted by Gasteiger charge is -2.30. The summed E-state index contributed by atoms with van der Waals surface area (Å²) in [7, 11) is -19.0. The summed E-state index contributed by atoms with van der Waals surface area (Å²) in [5.74, 6) is 0. The molecule has 3 amide bonds. The fourth-order valence-corrected chi connectivity index (χ4v) is 15.5. The number of rotatable bonds is 15. The van der Waals surface area contributed by atoms with Crippen molar-refractivity contribution in [3.8, 4) is 0 Å². The highest BCUT2D eigenvalue weighted by Crippen LogP contribution is 2.37. The van der Waals surface area contributed by atoms with Crippen LogP contribution in [0, 0.1) is 0 Å². The average Bonchev–Trinajstić information content (AvgIpc) is 1.65. The number of halogens is 1. The molecular weight excluding hydrogens is 1370 g/mol. The van der Waals surface area contributed by atoms with Crippen LogP contribution in [0.4, 0.5) is 14.4 Å². The third-order valence-electron chi connectivity index (χ3n) is 12.3. The van der Waals surface area contributed by atoms with Crippen LogP contribution >= 0.6 is 10.7 Å². The molecule has 2 unspecified atom stereocenters. The van der Waals surface area contributed by atoms with E-state index in [1.54, 1.807) is 91.8 Å². The Bertz CT molecular complexity index is 3710. The first-order valence-electron chi connectivity index (χ1n) is 27.2. The van der Waals surface area contributed by atoms with Gasteiger partial charge in [0.05, 0.1) is 54.3 Å². The Morgan fingerprint density at radius 3 is 1.04 bits per heavy atom. The van der Waals surface area contributed by atoms with Crippen molar-refractivity contribution in [3.05, 3.63) is 156 Å². The molecule has 0 aliphatic carbocycles. The first kappa shape index (κ1) is 80.5. The van der Waals surface area contributed by atoms with E-state index in [-0.39, 0.29) is 52.9 Å². The Labute approximate surface area is 548 Å². The molecule has 4 atom stereocenters. The quantitative estimate of drug-likeness (QED) is 0.0495. The minimum absolute atomic E-state index is 0.00511. The van der Waals surface area contributed by atoms with E-state index in [0.29, 0.717) is 44.3 Å². The van der Waals surface area contributed by atoms with E-state index in [4.69, 9.17) is 31.6 Å². The number of benzene rings is 3. The number of carbonyl (C=O) groups is 3. The number of nitrogens with one attached hydrogen (secondary N) is 1. The van der Waals surface area contributed by atoms with Gasteiger partial charge in [0.1, 0.15) is 26.4 Å². The highest BCUT2D eigenvalue weighted by Gasteiger charge is 2.54. The summed E-state index contributed by atoms with van der Waals surface area (Å²) in [6.45, 7) is 30.5. The number of amides is 3. The molecule has 0 radical (unpaired) electrons. The molecule has 0 aromatic heterocycles. The summed E-state index contributed by atoms with van der Waals surface area (Å²) in [6, 6.07) is 27.1. The van der Waals surface area contributed by atoms with Gasteiger partial charge in [-0.2, -0.15) is 68.1 Å². The van der Waals surface area contributed by atoms with Crippen LogP contribution in [-0.4, -0.2) is 149 Å². The van der Waals surface area contributed by atoms with Crippen molar-refractivity contribution in [1.82, 2.24) is 17.6 Å². The molecule has 5 aliphatic heterocycles. The van der Waals surface area contributed by atoms with Crippen LogP contribution < -0.4 is 4.72 Å². The summed E-state index contributed by atoms with van der Waals surface area (Å²) in [5, 5.41) is 0. The van der Waals surface area contributed by atoms with Gasteiger partial charge in [0.15, 0.2) is 0 Å². The van der Waals surface area contributed by atoms with Crippen molar-refractivity contribution >= 4 is 102 Å². The van der Waals surface area contributed by atoms with Gasteiger partial charge in [-0.1, -0.05) is 118 Å². The zero-order valence-electron chi connectivity index (χ0n) is 52.3. The molecule has 3 aromatic rings. The monoisotopic (exact) mass is 1440 g/mol. The molecule has 0 bridgehead atoms. The maximum absolute atomic E-state index is 12.2. The lowest BCUT2D eigenvalue weighted by atomic mass is 9.95. The Morgan fingerprint density at radius 1 is 0.548 bits per heavy atom. The van der Waals surface area contributed by atoms with Crippen molar-refractivity contribution in [2.75, 3.05) is 33.0 Å². The second kappa shape index (κ2) is 33.6. The van der Waals surface area contributed by atoms with Crippen molar-refractivity contribution in [3.63, 3.8) is 0 Å². The fourth-order valence-electron chi connectivity index (χ4n) is 9.10. The predicted octanol–water partition coefficient (Wildman–Crippen LogP) is 7.98. The SMILES string of the molecule is C=C(C)CC1(C)COS(=O)(=O)N1.C=C(C)CC1(C)COS(=O)(=O)N1C(=O)OCc1ccccc1.C=C(C)C[C@@]1(C)COS(=O)(=O)N1C(=O)OCc1ccccc1.C=C(C)C[C@]1(C)COS(=O)(=O)N1C(=O)OCc1ccccc1.CC1=NS(=O)(=O)OC1.O=C=NS(=O)(=O)Cl. The molecule has 516 valence electrons. The molecule has 4 fully saturated rings. The number of ether oxygens (including phenoxy) is 3. The first-order chi connectivity index (χ1) is 42.7. The van der Waals surface area contributed by atoms with Crippen molar-refractivity contribution in [1.29, 1.82) is 0 Å². The van der Waals surface area contributed by atoms with Crippen LogP contribution in [0.25, 0.3) is 0 Å². The van der Waals surface area contributed by atoms with Gasteiger partial charge >= 0.3 is 79.0 Å². The standard InChI is InChI=1S/3C15H19NO5S.C7H13NO3S.C3H5NO3S.CClNO3S/c3*1-12(2)9-15(3)11-21-22(18,19)16(15)14(17)20-10-13-7-5-4-6-8-13;1-6(2)4-7(3)5-11-12(9,10)8-7;1-3-2-7-8(5,6)4-3;2-7(5,6)3-1-4/h3*4-8H,1,9-11H2,2-3H3;8H,1,4-5H2,2-3H3;2H2,1H3;/t2*15-;;;;/m10..../s1. The molecule has 5 aliphatic rings. The predicted molar refractivity (Wildman–Crippen MR) is 340 cm³/mol. The van der Waals surface area contributed by atoms with Crippen LogP contribution in [-0.2, 0) is 120 Å². The van der Waals surface area contributed by atoms with Gasteiger partial charge < -0.3 is 14.2 Å². The maximum atomic E-state index is 12.2. The molecule has 0 saturated carbocycles. The normalized spacial score (nSPS) is 23.8. The number of carbonyl (C=O) groups excluding carboxylic acids is 4. The molecule has 4 saturated heterocycles. The fraction of sp³-hybridized carbons (Fsp3) is 0.446. The topological polar surface area (TPSA) is 393 Å². The lowest BCUT2D eigenvalue weighted by Crippen LogP contribution is -2.48. The van der Waals surface area contributed by atoms with Crippen molar-refractivity contribution in [2.24, 2.45) is 8.80 Å². The summed E-state index contributed by atoms with van der Waals surface area (Å²) in [5.41, 5.74) is 2.47. The average molecular weight is 1440 g/mol. The molecule has 5 heterocycles. The number of hydrogen-bond donors (Lipinski definition) is 1. The zero-order valence-corrected chi connectivity index (χ0v) is 58.0. The van der Waals surface area contributed by atoms with Gasteiger partial charge in [-0.3, -0.25) is 16.7 Å². The van der Waals surface area contributed by atoms with Gasteiger partial charge in [-0.05, 0) is 105 Å². The van der Waals surface area contributed by atoms with Gasteiger partial charge in [0, 0.05) is 10.7 Å². The smallest absolute Gasteiger partial charge is 0.426 e. The molecule has 0 spiro atoms. The van der Waals surface area contributed by atoms with Crippen molar-refractivity contribution < 1.29 is 105 Å². The van der Waals surface area contributed by atoms with Crippen LogP contribution in [0.15, 0.2) is 148 Å². The minimum atomic E-state index is -4.13. The first-order valence-corrected chi connectivity index (χ1v) is 36.3. The summed E-state index contributed by atoms with van der Waals surface area (Å²) < 4.78 is 182. The van der Waals surface area contributed by atoms with Gasteiger partial charge in [-0.25, -0.2) is 23.4 Å². The van der Waals surface area contributed by atoms with E-state index in [2.05, 4.69) is 58.9 Å². The number of nitrogens with zero attached hydrogens (tertiary/aromatic N) is 5. The van der Waals surface area contributed by atoms with Gasteiger partial charge in [-0.15, -0.1) is 30.7 Å². The van der Waals surface area contributed by atoms with E-state index in [1.807, 2.05) is 61.5 Å². The molecule has 93 heavy (non-hydrogen) atoms. The Balaban J connectivity index is 0.000000305. The Morgan fingerprint density at radius 2 is 0.849 bits per heavy atom. The highest BCUT2D eigenvalue weighted by atomic mass is 35.7. The molecule has 37 heteroatoms. The molecular formula is C56H75ClN6O24S6. The Kier molecular flexibility index (Phi) is 29.0. The van der Waals surface area contributed by atoms with E-state index < -0.39 is 101 Å². The minimum Gasteiger partial charge on any atom is -0.444 e. The second-order valence-electron chi connectivity index (χ2n) is 22.6. The van der Waals surface area contributed by atoms with Gasteiger partial charge in [0.2, 0.25) is 0 Å². The van der Waals surface area contributed by atoms with E-state index >= 15 is 0 Å². The number of isocyanates is 1. The molecule has 30 nitrogen and oxygen atoms in total. The van der Waals surface area contributed by atoms with Crippen LogP contribution in [0.3, 0.4) is 0 Å². The van der Waals surface area contributed by atoms with Crippen LogP contribution in [0.5, 0.6) is 0 Å². The second-order valence-corrected chi connectivity index (χ2v) is 31.8.